The van der Waals surface area contributed by atoms with Crippen molar-refractivity contribution in [3.8, 4) is 0 Å². The maximum atomic E-state index is 13.0. The lowest BCUT2D eigenvalue weighted by Gasteiger charge is -2.24. The third-order valence-corrected chi connectivity index (χ3v) is 5.00. The highest BCUT2D eigenvalue weighted by molar-refractivity contribution is 5.97. The molecule has 3 rings (SSSR count). The molecule has 0 radical (unpaired) electrons. The molecule has 0 aliphatic heterocycles. The zero-order valence-corrected chi connectivity index (χ0v) is 16.0. The number of benzene rings is 2. The van der Waals surface area contributed by atoms with Crippen molar-refractivity contribution in [1.82, 2.24) is 10.6 Å². The molecular weight excluding hydrogens is 362 g/mol. The maximum absolute atomic E-state index is 13.0. The summed E-state index contributed by atoms with van der Waals surface area (Å²) in [6, 6.07) is 17.6. The molecule has 144 valence electrons. The fourth-order valence-electron chi connectivity index (χ4n) is 3.52. The first-order chi connectivity index (χ1) is 12.7. The number of halogens is 1. The predicted molar refractivity (Wildman–Crippen MR) is 109 cm³/mol. The summed E-state index contributed by atoms with van der Waals surface area (Å²) in [6.45, 7) is 0.567. The molecular formula is C21H26ClN3O2. The predicted octanol–water partition coefficient (Wildman–Crippen LogP) is 2.82. The van der Waals surface area contributed by atoms with Crippen LogP contribution in [0.2, 0.25) is 0 Å². The minimum absolute atomic E-state index is 0. The van der Waals surface area contributed by atoms with Crippen molar-refractivity contribution >= 4 is 24.2 Å². The number of nitrogens with one attached hydrogen (secondary N) is 2. The maximum Gasteiger partial charge on any atom is 0.252 e. The van der Waals surface area contributed by atoms with Crippen LogP contribution in [0.1, 0.15) is 41.2 Å². The molecule has 0 aromatic heterocycles. The fourth-order valence-corrected chi connectivity index (χ4v) is 3.52. The molecule has 0 heterocycles. The van der Waals surface area contributed by atoms with Gasteiger partial charge < -0.3 is 16.4 Å². The Kier molecular flexibility index (Phi) is 7.82. The Labute approximate surface area is 166 Å². The Balaban J connectivity index is 0.00000261. The molecule has 27 heavy (non-hydrogen) atoms. The van der Waals surface area contributed by atoms with E-state index in [0.717, 1.165) is 24.8 Å². The van der Waals surface area contributed by atoms with E-state index < -0.39 is 6.04 Å². The molecule has 3 unspecified atom stereocenters. The SMILES string of the molecule is Cl.NCC1CCCC1NC(=O)C(NC(=O)c1ccccc1)c1ccccc1. The summed E-state index contributed by atoms with van der Waals surface area (Å²) in [4.78, 5) is 25.5. The molecule has 1 aliphatic carbocycles. The summed E-state index contributed by atoms with van der Waals surface area (Å²) < 4.78 is 0. The Morgan fingerprint density at radius 3 is 2.26 bits per heavy atom. The van der Waals surface area contributed by atoms with Gasteiger partial charge in [-0.1, -0.05) is 55.0 Å². The number of amides is 2. The van der Waals surface area contributed by atoms with Gasteiger partial charge in [0.15, 0.2) is 0 Å². The zero-order chi connectivity index (χ0) is 18.4. The minimum Gasteiger partial charge on any atom is -0.351 e. The van der Waals surface area contributed by atoms with Crippen LogP contribution in [0.3, 0.4) is 0 Å². The van der Waals surface area contributed by atoms with Crippen molar-refractivity contribution in [2.24, 2.45) is 11.7 Å². The summed E-state index contributed by atoms with van der Waals surface area (Å²) in [5, 5.41) is 5.98. The Bertz CT molecular complexity index is 740. The van der Waals surface area contributed by atoms with Crippen molar-refractivity contribution in [3.63, 3.8) is 0 Å². The third-order valence-electron chi connectivity index (χ3n) is 5.00. The first-order valence-electron chi connectivity index (χ1n) is 9.10. The van der Waals surface area contributed by atoms with E-state index in [-0.39, 0.29) is 30.3 Å². The summed E-state index contributed by atoms with van der Waals surface area (Å²) in [5.41, 5.74) is 7.11. The summed E-state index contributed by atoms with van der Waals surface area (Å²) in [6.07, 6.45) is 3.04. The Morgan fingerprint density at radius 2 is 1.63 bits per heavy atom. The second kappa shape index (κ2) is 10.1. The number of rotatable bonds is 6. The van der Waals surface area contributed by atoms with E-state index in [2.05, 4.69) is 10.6 Å². The Morgan fingerprint density at radius 1 is 1.00 bits per heavy atom. The molecule has 2 aromatic rings. The van der Waals surface area contributed by atoms with Crippen molar-refractivity contribution in [1.29, 1.82) is 0 Å². The van der Waals surface area contributed by atoms with Crippen LogP contribution in [-0.2, 0) is 4.79 Å². The normalized spacial score (nSPS) is 19.6. The number of carbonyl (C=O) groups is 2. The summed E-state index contributed by atoms with van der Waals surface area (Å²) in [7, 11) is 0. The molecule has 1 aliphatic rings. The van der Waals surface area contributed by atoms with Crippen LogP contribution in [0.25, 0.3) is 0 Å². The lowest BCUT2D eigenvalue weighted by atomic mass is 10.0. The van der Waals surface area contributed by atoms with E-state index in [4.69, 9.17) is 5.73 Å². The topological polar surface area (TPSA) is 84.2 Å². The molecule has 3 atom stereocenters. The largest absolute Gasteiger partial charge is 0.351 e. The molecule has 2 amide bonds. The lowest BCUT2D eigenvalue weighted by Crippen LogP contribution is -2.46. The molecule has 1 fully saturated rings. The van der Waals surface area contributed by atoms with Crippen LogP contribution in [0.5, 0.6) is 0 Å². The first kappa shape index (κ1) is 20.9. The van der Waals surface area contributed by atoms with Crippen LogP contribution in [0.15, 0.2) is 60.7 Å². The second-order valence-corrected chi connectivity index (χ2v) is 6.72. The van der Waals surface area contributed by atoms with Gasteiger partial charge >= 0.3 is 0 Å². The average molecular weight is 388 g/mol. The highest BCUT2D eigenvalue weighted by Gasteiger charge is 2.31. The molecule has 0 bridgehead atoms. The van der Waals surface area contributed by atoms with Gasteiger partial charge in [0.25, 0.3) is 5.91 Å². The van der Waals surface area contributed by atoms with Gasteiger partial charge in [-0.3, -0.25) is 9.59 Å². The number of hydrogen-bond donors (Lipinski definition) is 3. The second-order valence-electron chi connectivity index (χ2n) is 6.72. The van der Waals surface area contributed by atoms with E-state index in [1.807, 2.05) is 36.4 Å². The van der Waals surface area contributed by atoms with Crippen molar-refractivity contribution in [2.45, 2.75) is 31.3 Å². The van der Waals surface area contributed by atoms with Crippen molar-refractivity contribution < 1.29 is 9.59 Å². The highest BCUT2D eigenvalue weighted by Crippen LogP contribution is 2.25. The van der Waals surface area contributed by atoms with Crippen LogP contribution in [0.4, 0.5) is 0 Å². The van der Waals surface area contributed by atoms with E-state index in [9.17, 15) is 9.59 Å². The molecule has 0 saturated heterocycles. The van der Waals surface area contributed by atoms with Gasteiger partial charge in [0, 0.05) is 11.6 Å². The Hall–Kier alpha value is -2.37. The summed E-state index contributed by atoms with van der Waals surface area (Å²) >= 11 is 0. The average Bonchev–Trinajstić information content (AvgIpc) is 3.14. The van der Waals surface area contributed by atoms with Crippen LogP contribution < -0.4 is 16.4 Å². The van der Waals surface area contributed by atoms with Gasteiger partial charge in [-0.05, 0) is 43.0 Å². The highest BCUT2D eigenvalue weighted by atomic mass is 35.5. The third kappa shape index (κ3) is 5.31. The van der Waals surface area contributed by atoms with Gasteiger partial charge in [0.05, 0.1) is 0 Å². The van der Waals surface area contributed by atoms with Crippen LogP contribution in [0, 0.1) is 5.92 Å². The quantitative estimate of drug-likeness (QED) is 0.712. The fraction of sp³-hybridized carbons (Fsp3) is 0.333. The van der Waals surface area contributed by atoms with Gasteiger partial charge in [0.1, 0.15) is 6.04 Å². The van der Waals surface area contributed by atoms with Gasteiger partial charge in [-0.25, -0.2) is 0 Å². The van der Waals surface area contributed by atoms with Gasteiger partial charge in [-0.2, -0.15) is 0 Å². The monoisotopic (exact) mass is 387 g/mol. The van der Waals surface area contributed by atoms with Crippen molar-refractivity contribution in [3.05, 3.63) is 71.8 Å². The minimum atomic E-state index is -0.733. The molecule has 0 spiro atoms. The molecule has 6 heteroatoms. The molecule has 5 nitrogen and oxygen atoms in total. The van der Waals surface area contributed by atoms with Gasteiger partial charge in [0.2, 0.25) is 5.91 Å². The zero-order valence-electron chi connectivity index (χ0n) is 15.1. The number of hydrogen-bond acceptors (Lipinski definition) is 3. The molecule has 4 N–H and O–H groups in total. The van der Waals surface area contributed by atoms with Gasteiger partial charge in [-0.15, -0.1) is 12.4 Å². The standard InChI is InChI=1S/C21H25N3O2.ClH/c22-14-17-12-7-13-18(17)23-21(26)19(15-8-3-1-4-9-15)24-20(25)16-10-5-2-6-11-16;/h1-6,8-11,17-19H,7,12-14,22H2,(H,23,26)(H,24,25);1H. The molecule has 1 saturated carbocycles. The van der Waals surface area contributed by atoms with E-state index in [1.165, 1.54) is 0 Å². The van der Waals surface area contributed by atoms with Crippen molar-refractivity contribution in [2.75, 3.05) is 6.54 Å². The van der Waals surface area contributed by atoms with Crippen LogP contribution >= 0.6 is 12.4 Å². The summed E-state index contributed by atoms with van der Waals surface area (Å²) in [5.74, 6) is -0.151. The van der Waals surface area contributed by atoms with Crippen LogP contribution in [-0.4, -0.2) is 24.4 Å². The lowest BCUT2D eigenvalue weighted by molar-refractivity contribution is -0.124. The number of carbonyl (C=O) groups excluding carboxylic acids is 2. The first-order valence-corrected chi connectivity index (χ1v) is 9.10. The van der Waals surface area contributed by atoms with E-state index in [1.54, 1.807) is 24.3 Å². The van der Waals surface area contributed by atoms with E-state index in [0.29, 0.717) is 18.0 Å². The number of nitrogens with two attached hydrogens (primary N) is 1. The smallest absolute Gasteiger partial charge is 0.252 e. The van der Waals surface area contributed by atoms with E-state index >= 15 is 0 Å². The molecule has 2 aromatic carbocycles.